The van der Waals surface area contributed by atoms with Crippen molar-refractivity contribution in [2.75, 3.05) is 0 Å². The number of rotatable bonds is 1. The third-order valence-corrected chi connectivity index (χ3v) is 4.85. The van der Waals surface area contributed by atoms with Gasteiger partial charge in [-0.05, 0) is 24.3 Å². The lowest BCUT2D eigenvalue weighted by Crippen LogP contribution is -2.23. The molecular formula is C13H14S. The Balaban J connectivity index is 1.91. The highest BCUT2D eigenvalue weighted by Crippen LogP contribution is 2.50. The van der Waals surface area contributed by atoms with E-state index in [-0.39, 0.29) is 0 Å². The van der Waals surface area contributed by atoms with Gasteiger partial charge in [0.2, 0.25) is 0 Å². The Labute approximate surface area is 89.4 Å². The first-order valence-corrected chi connectivity index (χ1v) is 6.26. The maximum atomic E-state index is 2.43. The predicted octanol–water partition coefficient (Wildman–Crippen LogP) is 3.81. The van der Waals surface area contributed by atoms with Crippen LogP contribution >= 0.6 is 11.8 Å². The van der Waals surface area contributed by atoms with Gasteiger partial charge in [-0.3, -0.25) is 0 Å². The first-order valence-electron chi connectivity index (χ1n) is 5.32. The molecular weight excluding hydrogens is 188 g/mol. The van der Waals surface area contributed by atoms with E-state index >= 15 is 0 Å². The van der Waals surface area contributed by atoms with Crippen LogP contribution in [0.5, 0.6) is 0 Å². The molecule has 2 aliphatic heterocycles. The summed E-state index contributed by atoms with van der Waals surface area (Å²) in [6.45, 7) is 0. The average molecular weight is 202 g/mol. The molecule has 0 aromatic heterocycles. The van der Waals surface area contributed by atoms with Gasteiger partial charge >= 0.3 is 0 Å². The van der Waals surface area contributed by atoms with Crippen LogP contribution in [0.4, 0.5) is 0 Å². The second-order valence-corrected chi connectivity index (χ2v) is 5.52. The van der Waals surface area contributed by atoms with E-state index in [0.29, 0.717) is 0 Å². The van der Waals surface area contributed by atoms with Gasteiger partial charge in [0, 0.05) is 10.5 Å². The zero-order valence-electron chi connectivity index (χ0n) is 8.10. The molecule has 72 valence electrons. The second kappa shape index (κ2) is 3.47. The SMILES string of the molecule is C1=CC2CCC1SC2c1ccccc1. The van der Waals surface area contributed by atoms with Crippen LogP contribution in [0.25, 0.3) is 0 Å². The van der Waals surface area contributed by atoms with Gasteiger partial charge in [-0.25, -0.2) is 0 Å². The molecule has 0 spiro atoms. The Morgan fingerprint density at radius 2 is 1.86 bits per heavy atom. The number of hydrogen-bond acceptors (Lipinski definition) is 1. The molecule has 1 heteroatoms. The molecule has 1 fully saturated rings. The van der Waals surface area contributed by atoms with Crippen LogP contribution in [0.1, 0.15) is 23.7 Å². The van der Waals surface area contributed by atoms with Crippen LogP contribution in [0, 0.1) is 5.92 Å². The lowest BCUT2D eigenvalue weighted by Gasteiger charge is -2.37. The summed E-state index contributed by atoms with van der Waals surface area (Å²) < 4.78 is 0. The van der Waals surface area contributed by atoms with E-state index in [4.69, 9.17) is 0 Å². The molecule has 14 heavy (non-hydrogen) atoms. The predicted molar refractivity (Wildman–Crippen MR) is 62.4 cm³/mol. The number of thioether (sulfide) groups is 1. The molecule has 2 bridgehead atoms. The molecule has 0 amide bonds. The minimum absolute atomic E-state index is 0.722. The molecule has 3 atom stereocenters. The summed E-state index contributed by atoms with van der Waals surface area (Å²) in [5, 5.41) is 1.50. The topological polar surface area (TPSA) is 0 Å². The lowest BCUT2D eigenvalue weighted by atomic mass is 9.88. The molecule has 1 aromatic carbocycles. The summed E-state index contributed by atoms with van der Waals surface area (Å²) in [4.78, 5) is 0. The highest BCUT2D eigenvalue weighted by atomic mass is 32.2. The quantitative estimate of drug-likeness (QED) is 0.624. The summed E-state index contributed by atoms with van der Waals surface area (Å²) in [5.41, 5.74) is 1.51. The summed E-state index contributed by atoms with van der Waals surface area (Å²) >= 11 is 2.15. The van der Waals surface area contributed by atoms with Crippen molar-refractivity contribution in [3.8, 4) is 0 Å². The highest BCUT2D eigenvalue weighted by Gasteiger charge is 2.32. The van der Waals surface area contributed by atoms with Crippen molar-refractivity contribution in [1.82, 2.24) is 0 Å². The molecule has 0 N–H and O–H groups in total. The number of allylic oxidation sites excluding steroid dienone is 1. The lowest BCUT2D eigenvalue weighted by molar-refractivity contribution is 0.509. The van der Waals surface area contributed by atoms with E-state index in [9.17, 15) is 0 Å². The monoisotopic (exact) mass is 202 g/mol. The Morgan fingerprint density at radius 1 is 1.00 bits per heavy atom. The zero-order valence-corrected chi connectivity index (χ0v) is 8.91. The van der Waals surface area contributed by atoms with Gasteiger partial charge in [-0.1, -0.05) is 42.5 Å². The maximum Gasteiger partial charge on any atom is 0.0365 e. The van der Waals surface area contributed by atoms with Crippen molar-refractivity contribution in [3.05, 3.63) is 48.0 Å². The van der Waals surface area contributed by atoms with E-state index in [1.165, 1.54) is 18.4 Å². The molecule has 3 aliphatic rings. The fraction of sp³-hybridized carbons (Fsp3) is 0.385. The van der Waals surface area contributed by atoms with Crippen molar-refractivity contribution < 1.29 is 0 Å². The molecule has 1 aromatic rings. The molecule has 1 saturated heterocycles. The van der Waals surface area contributed by atoms with Crippen molar-refractivity contribution in [2.24, 2.45) is 5.92 Å². The fourth-order valence-electron chi connectivity index (χ4n) is 2.44. The smallest absolute Gasteiger partial charge is 0.0365 e. The van der Waals surface area contributed by atoms with Crippen LogP contribution in [0.2, 0.25) is 0 Å². The van der Waals surface area contributed by atoms with E-state index in [1.807, 2.05) is 0 Å². The first-order chi connectivity index (χ1) is 6.93. The van der Waals surface area contributed by atoms with E-state index < -0.39 is 0 Å². The minimum atomic E-state index is 0.722. The molecule has 3 unspecified atom stereocenters. The third-order valence-electron chi connectivity index (χ3n) is 3.20. The van der Waals surface area contributed by atoms with Crippen LogP contribution in [0.3, 0.4) is 0 Å². The first kappa shape index (κ1) is 8.60. The Morgan fingerprint density at radius 3 is 2.43 bits per heavy atom. The van der Waals surface area contributed by atoms with Crippen molar-refractivity contribution in [2.45, 2.75) is 23.3 Å². The van der Waals surface area contributed by atoms with E-state index in [2.05, 4.69) is 54.2 Å². The van der Waals surface area contributed by atoms with Gasteiger partial charge < -0.3 is 0 Å². The normalized spacial score (nSPS) is 34.7. The zero-order chi connectivity index (χ0) is 9.38. The Hall–Kier alpha value is -0.690. The van der Waals surface area contributed by atoms with Crippen LogP contribution < -0.4 is 0 Å². The standard InChI is InChI=1S/C13H14S/c1-2-4-10(5-3-1)13-11-6-8-12(14-13)9-7-11/h1-6,8,11-13H,7,9H2. The van der Waals surface area contributed by atoms with Crippen LogP contribution in [0.15, 0.2) is 42.5 Å². The maximum absolute atomic E-state index is 2.43. The van der Waals surface area contributed by atoms with Crippen LogP contribution in [-0.2, 0) is 0 Å². The van der Waals surface area contributed by atoms with Gasteiger partial charge in [0.1, 0.15) is 0 Å². The van der Waals surface area contributed by atoms with Crippen molar-refractivity contribution in [1.29, 1.82) is 0 Å². The summed E-state index contributed by atoms with van der Waals surface area (Å²) in [5.74, 6) is 0.785. The average Bonchev–Trinajstić information content (AvgIpc) is 2.32. The fourth-order valence-corrected chi connectivity index (χ4v) is 4.01. The van der Waals surface area contributed by atoms with Crippen LogP contribution in [-0.4, -0.2) is 5.25 Å². The van der Waals surface area contributed by atoms with Gasteiger partial charge in [-0.2, -0.15) is 0 Å². The molecule has 4 rings (SSSR count). The molecule has 0 radical (unpaired) electrons. The highest BCUT2D eigenvalue weighted by molar-refractivity contribution is 8.00. The van der Waals surface area contributed by atoms with Gasteiger partial charge in [-0.15, -0.1) is 11.8 Å². The summed E-state index contributed by atoms with van der Waals surface area (Å²) in [7, 11) is 0. The van der Waals surface area contributed by atoms with Crippen molar-refractivity contribution >= 4 is 11.8 Å². The van der Waals surface area contributed by atoms with E-state index in [0.717, 1.165) is 16.4 Å². The Kier molecular flexibility index (Phi) is 2.13. The summed E-state index contributed by atoms with van der Waals surface area (Å²) in [6.07, 6.45) is 7.60. The Bertz CT molecular complexity index is 342. The van der Waals surface area contributed by atoms with Crippen molar-refractivity contribution in [3.63, 3.8) is 0 Å². The number of hydrogen-bond donors (Lipinski definition) is 0. The van der Waals surface area contributed by atoms with E-state index in [1.54, 1.807) is 0 Å². The van der Waals surface area contributed by atoms with Gasteiger partial charge in [0.15, 0.2) is 0 Å². The number of fused-ring (bicyclic) bond motifs is 2. The minimum Gasteiger partial charge on any atom is -0.146 e. The largest absolute Gasteiger partial charge is 0.146 e. The second-order valence-electron chi connectivity index (χ2n) is 4.13. The third kappa shape index (κ3) is 1.40. The number of benzene rings is 1. The molecule has 0 nitrogen and oxygen atoms in total. The van der Waals surface area contributed by atoms with Gasteiger partial charge in [0.05, 0.1) is 0 Å². The molecule has 0 saturated carbocycles. The molecule has 1 aliphatic carbocycles. The molecule has 2 heterocycles. The summed E-state index contributed by atoms with van der Waals surface area (Å²) in [6, 6.07) is 11.0. The van der Waals surface area contributed by atoms with Gasteiger partial charge in [0.25, 0.3) is 0 Å².